The van der Waals surface area contributed by atoms with Crippen LogP contribution < -0.4 is 0 Å². The van der Waals surface area contributed by atoms with Gasteiger partial charge < -0.3 is 4.74 Å². The van der Waals surface area contributed by atoms with Crippen molar-refractivity contribution in [2.45, 2.75) is 26.2 Å². The molecule has 0 saturated carbocycles. The van der Waals surface area contributed by atoms with Crippen molar-refractivity contribution in [2.24, 2.45) is 0 Å². The lowest BCUT2D eigenvalue weighted by molar-refractivity contribution is 0.200. The molecule has 1 aromatic heterocycles. The summed E-state index contributed by atoms with van der Waals surface area (Å²) in [6, 6.07) is 0. The van der Waals surface area contributed by atoms with Crippen molar-refractivity contribution in [2.75, 3.05) is 13.7 Å². The minimum absolute atomic E-state index is 0.486. The van der Waals surface area contributed by atoms with Crippen molar-refractivity contribution < 1.29 is 4.74 Å². The van der Waals surface area contributed by atoms with Gasteiger partial charge in [0.15, 0.2) is 0 Å². The monoisotopic (exact) mass is 292 g/mol. The van der Waals surface area contributed by atoms with Gasteiger partial charge in [-0.3, -0.25) is 0 Å². The number of aromatic nitrogens is 2. The molecule has 3 nitrogen and oxygen atoms in total. The first-order valence-corrected chi connectivity index (χ1v) is 6.05. The van der Waals surface area contributed by atoms with Crippen LogP contribution in [0.15, 0.2) is 4.47 Å². The maximum absolute atomic E-state index is 5.99. The van der Waals surface area contributed by atoms with Crippen LogP contribution in [0.2, 0.25) is 5.15 Å². The van der Waals surface area contributed by atoms with Crippen LogP contribution in [0.5, 0.6) is 0 Å². The van der Waals surface area contributed by atoms with Crippen LogP contribution in [0, 0.1) is 0 Å². The Kier molecular flexibility index (Phi) is 5.50. The fourth-order valence-electron chi connectivity index (χ4n) is 1.22. The van der Waals surface area contributed by atoms with Crippen LogP contribution in [0.25, 0.3) is 0 Å². The van der Waals surface area contributed by atoms with E-state index in [0.29, 0.717) is 18.2 Å². The summed E-state index contributed by atoms with van der Waals surface area (Å²) in [5.41, 5.74) is 0.976. The molecule has 1 rings (SSSR count). The van der Waals surface area contributed by atoms with E-state index in [1.165, 1.54) is 0 Å². The van der Waals surface area contributed by atoms with E-state index in [9.17, 15) is 0 Å². The smallest absolute Gasteiger partial charge is 0.147 e. The van der Waals surface area contributed by atoms with Gasteiger partial charge in [-0.15, -0.1) is 0 Å². The average Bonchev–Trinajstić information content (AvgIpc) is 2.22. The maximum Gasteiger partial charge on any atom is 0.147 e. The number of hydrogen-bond donors (Lipinski definition) is 0. The number of ether oxygens (including phenoxy) is 1. The molecule has 0 N–H and O–H groups in total. The number of nitrogens with zero attached hydrogens (tertiary/aromatic N) is 2. The predicted octanol–water partition coefficient (Wildman–Crippen LogP) is 3.03. The molecule has 84 valence electrons. The van der Waals surface area contributed by atoms with Crippen molar-refractivity contribution in [3.05, 3.63) is 21.1 Å². The molecule has 0 atom stereocenters. The molecule has 0 amide bonds. The van der Waals surface area contributed by atoms with Crippen LogP contribution in [-0.4, -0.2) is 23.7 Å². The van der Waals surface area contributed by atoms with Gasteiger partial charge in [0.1, 0.15) is 11.0 Å². The first-order valence-electron chi connectivity index (χ1n) is 4.88. The molecular formula is C10H14BrClN2O. The number of methoxy groups -OCH3 is 1. The molecule has 1 heterocycles. The molecule has 0 radical (unpaired) electrons. The van der Waals surface area contributed by atoms with Crippen LogP contribution in [0.3, 0.4) is 0 Å². The normalized spacial score (nSPS) is 10.7. The summed E-state index contributed by atoms with van der Waals surface area (Å²) in [5, 5.41) is 0.486. The SMILES string of the molecule is CCCc1nc(CCOC)nc(Cl)c1Br. The zero-order valence-corrected chi connectivity index (χ0v) is 11.2. The van der Waals surface area contributed by atoms with Gasteiger partial charge in [-0.25, -0.2) is 9.97 Å². The second-order valence-electron chi connectivity index (χ2n) is 3.18. The van der Waals surface area contributed by atoms with Crippen molar-refractivity contribution >= 4 is 27.5 Å². The fraction of sp³-hybridized carbons (Fsp3) is 0.600. The number of hydrogen-bond acceptors (Lipinski definition) is 3. The fourth-order valence-corrected chi connectivity index (χ4v) is 1.80. The summed E-state index contributed by atoms with van der Waals surface area (Å²) >= 11 is 9.39. The zero-order chi connectivity index (χ0) is 11.3. The Hall–Kier alpha value is -0.190. The lowest BCUT2D eigenvalue weighted by Gasteiger charge is -2.06. The molecule has 0 aromatic carbocycles. The third-order valence-corrected chi connectivity index (χ3v) is 3.28. The summed E-state index contributed by atoms with van der Waals surface area (Å²) in [6.07, 6.45) is 2.64. The molecule has 15 heavy (non-hydrogen) atoms. The van der Waals surface area contributed by atoms with Crippen molar-refractivity contribution in [3.8, 4) is 0 Å². The number of halogens is 2. The van der Waals surface area contributed by atoms with Crippen LogP contribution in [0.4, 0.5) is 0 Å². The van der Waals surface area contributed by atoms with E-state index in [0.717, 1.165) is 28.8 Å². The lowest BCUT2D eigenvalue weighted by Crippen LogP contribution is -2.05. The van der Waals surface area contributed by atoms with E-state index < -0.39 is 0 Å². The largest absolute Gasteiger partial charge is 0.384 e. The predicted molar refractivity (Wildman–Crippen MR) is 64.3 cm³/mol. The summed E-state index contributed by atoms with van der Waals surface area (Å²) in [5.74, 6) is 0.744. The highest BCUT2D eigenvalue weighted by molar-refractivity contribution is 9.10. The molecule has 0 bridgehead atoms. The lowest BCUT2D eigenvalue weighted by atomic mass is 10.2. The Balaban J connectivity index is 2.90. The molecule has 0 aliphatic heterocycles. The third-order valence-electron chi connectivity index (χ3n) is 1.94. The highest BCUT2D eigenvalue weighted by Crippen LogP contribution is 2.24. The highest BCUT2D eigenvalue weighted by atomic mass is 79.9. The van der Waals surface area contributed by atoms with Crippen LogP contribution >= 0.6 is 27.5 Å². The van der Waals surface area contributed by atoms with E-state index in [2.05, 4.69) is 32.8 Å². The van der Waals surface area contributed by atoms with E-state index >= 15 is 0 Å². The van der Waals surface area contributed by atoms with Gasteiger partial charge in [-0.2, -0.15) is 0 Å². The van der Waals surface area contributed by atoms with Gasteiger partial charge in [0.25, 0.3) is 0 Å². The van der Waals surface area contributed by atoms with Crippen molar-refractivity contribution in [1.29, 1.82) is 0 Å². The molecule has 0 spiro atoms. The number of aryl methyl sites for hydroxylation is 1. The molecule has 0 aliphatic rings. The van der Waals surface area contributed by atoms with E-state index in [4.69, 9.17) is 16.3 Å². The Morgan fingerprint density at radius 1 is 1.33 bits per heavy atom. The number of rotatable bonds is 5. The van der Waals surface area contributed by atoms with Crippen molar-refractivity contribution in [3.63, 3.8) is 0 Å². The first kappa shape index (κ1) is 12.9. The second kappa shape index (κ2) is 6.40. The van der Waals surface area contributed by atoms with Gasteiger partial charge >= 0.3 is 0 Å². The zero-order valence-electron chi connectivity index (χ0n) is 8.89. The topological polar surface area (TPSA) is 35.0 Å². The van der Waals surface area contributed by atoms with Gasteiger partial charge in [0.05, 0.1) is 16.8 Å². The van der Waals surface area contributed by atoms with E-state index in [1.54, 1.807) is 7.11 Å². The van der Waals surface area contributed by atoms with Crippen LogP contribution in [-0.2, 0) is 17.6 Å². The molecule has 0 aliphatic carbocycles. The molecule has 0 unspecified atom stereocenters. The summed E-state index contributed by atoms with van der Waals surface area (Å²) < 4.78 is 5.79. The Morgan fingerprint density at radius 3 is 2.67 bits per heavy atom. The highest BCUT2D eigenvalue weighted by Gasteiger charge is 2.09. The Labute approximate surface area is 103 Å². The second-order valence-corrected chi connectivity index (χ2v) is 4.34. The van der Waals surface area contributed by atoms with Gasteiger partial charge in [0, 0.05) is 13.5 Å². The summed E-state index contributed by atoms with van der Waals surface area (Å²) in [4.78, 5) is 8.62. The van der Waals surface area contributed by atoms with Gasteiger partial charge in [-0.05, 0) is 22.4 Å². The van der Waals surface area contributed by atoms with Gasteiger partial charge in [0.2, 0.25) is 0 Å². The maximum atomic E-state index is 5.99. The minimum atomic E-state index is 0.486. The van der Waals surface area contributed by atoms with E-state index in [-0.39, 0.29) is 0 Å². The molecule has 0 fully saturated rings. The van der Waals surface area contributed by atoms with Gasteiger partial charge in [-0.1, -0.05) is 24.9 Å². The van der Waals surface area contributed by atoms with Crippen molar-refractivity contribution in [1.82, 2.24) is 9.97 Å². The quantitative estimate of drug-likeness (QED) is 0.783. The standard InChI is InChI=1S/C10H14BrClN2O/c1-3-4-7-9(11)10(12)14-8(13-7)5-6-15-2/h3-6H2,1-2H3. The van der Waals surface area contributed by atoms with E-state index in [1.807, 2.05) is 0 Å². The summed E-state index contributed by atoms with van der Waals surface area (Å²) in [7, 11) is 1.66. The molecule has 5 heteroatoms. The Bertz CT molecular complexity index is 333. The average molecular weight is 294 g/mol. The minimum Gasteiger partial charge on any atom is -0.384 e. The summed E-state index contributed by atoms with van der Waals surface area (Å²) in [6.45, 7) is 2.72. The van der Waals surface area contributed by atoms with Crippen LogP contribution in [0.1, 0.15) is 24.9 Å². The third kappa shape index (κ3) is 3.70. The molecule has 0 saturated heterocycles. The molecule has 1 aromatic rings. The first-order chi connectivity index (χ1) is 7.19. The molecular weight excluding hydrogens is 279 g/mol. The Morgan fingerprint density at radius 2 is 2.07 bits per heavy atom.